The number of ether oxygens (including phenoxy) is 4. The highest BCUT2D eigenvalue weighted by atomic mass is 127. The highest BCUT2D eigenvalue weighted by Crippen LogP contribution is 2.42. The van der Waals surface area contributed by atoms with E-state index in [0.29, 0.717) is 17.3 Å². The summed E-state index contributed by atoms with van der Waals surface area (Å²) in [6.45, 7) is 12.1. The van der Waals surface area contributed by atoms with Crippen LogP contribution < -0.4 is 5.73 Å². The fraction of sp³-hybridized carbons (Fsp3) is 0.718. The molecule has 0 spiro atoms. The average molecular weight is 901 g/mol. The number of carbonyl (C=O) groups excluding carboxylic acids is 3. The van der Waals surface area contributed by atoms with E-state index in [9.17, 15) is 24.6 Å². The van der Waals surface area contributed by atoms with Gasteiger partial charge in [0, 0.05) is 29.7 Å². The van der Waals surface area contributed by atoms with Gasteiger partial charge in [-0.3, -0.25) is 14.4 Å². The second-order valence-corrected chi connectivity index (χ2v) is 18.5. The Balaban J connectivity index is 1.59. The van der Waals surface area contributed by atoms with Crippen LogP contribution in [0.5, 0.6) is 0 Å². The van der Waals surface area contributed by atoms with Gasteiger partial charge in [-0.05, 0) is 108 Å². The maximum atomic E-state index is 14.4. The molecule has 4 heterocycles. The fourth-order valence-corrected chi connectivity index (χ4v) is 9.90. The SMILES string of the molecule is C[C@H]1C(=O)O[C@H](I)[C@@](C)(O)[C@@H]2CC/C(=N\OCc3ccc4nc(N)sc4c3)CO[C@](C)(C[C@@H](C)C(=O)[C@@H]2C)[C@H](O[C@@H]2O[C@H](C)C[C@H](N(C)C)[C@H]2O)[C@@H](C)C1=O. The van der Waals surface area contributed by atoms with E-state index < -0.39 is 75.2 Å². The number of benzene rings is 1. The number of aliphatic hydroxyl groups is 2. The third-order valence-electron chi connectivity index (χ3n) is 11.7. The molecular weight excluding hydrogens is 843 g/mol. The highest BCUT2D eigenvalue weighted by Gasteiger charge is 2.52. The van der Waals surface area contributed by atoms with Gasteiger partial charge >= 0.3 is 5.97 Å². The number of likely N-dealkylation sites (N-methyl/N-ethyl adjacent to an activating group) is 1. The minimum atomic E-state index is -1.67. The predicted octanol–water partition coefficient (Wildman–Crippen LogP) is 4.89. The summed E-state index contributed by atoms with van der Waals surface area (Å²) < 4.78 is 25.4. The number of alkyl halides is 1. The van der Waals surface area contributed by atoms with Gasteiger partial charge in [-0.25, -0.2) is 4.98 Å². The number of fused-ring (bicyclic) bond motifs is 6. The number of hydrogen-bond acceptors (Lipinski definition) is 15. The van der Waals surface area contributed by atoms with Crippen molar-refractivity contribution in [1.29, 1.82) is 0 Å². The lowest BCUT2D eigenvalue weighted by atomic mass is 9.71. The lowest BCUT2D eigenvalue weighted by molar-refractivity contribution is -0.296. The van der Waals surface area contributed by atoms with Crippen molar-refractivity contribution >= 4 is 72.5 Å². The molecule has 0 saturated carbocycles. The molecule has 5 rings (SSSR count). The number of aromatic nitrogens is 1. The van der Waals surface area contributed by atoms with Crippen molar-refractivity contribution in [2.75, 3.05) is 26.4 Å². The van der Waals surface area contributed by atoms with E-state index in [1.54, 1.807) is 27.7 Å². The van der Waals surface area contributed by atoms with Crippen LogP contribution in [-0.2, 0) is 44.8 Å². The van der Waals surface area contributed by atoms with Crippen molar-refractivity contribution in [3.05, 3.63) is 23.8 Å². The number of oxime groups is 1. The normalized spacial score (nSPS) is 39.4. The molecule has 16 heteroatoms. The molecule has 306 valence electrons. The van der Waals surface area contributed by atoms with Crippen molar-refractivity contribution < 1.29 is 48.4 Å². The molecule has 14 nitrogen and oxygen atoms in total. The van der Waals surface area contributed by atoms with E-state index >= 15 is 0 Å². The fourth-order valence-electron chi connectivity index (χ4n) is 8.39. The first kappa shape index (κ1) is 43.8. The maximum Gasteiger partial charge on any atom is 0.317 e. The zero-order valence-electron chi connectivity index (χ0n) is 33.2. The molecule has 3 aliphatic rings. The van der Waals surface area contributed by atoms with E-state index in [-0.39, 0.29) is 50.4 Å². The molecule has 3 fully saturated rings. The Bertz CT molecular complexity index is 1740. The molecule has 2 aromatic rings. The third-order valence-corrected chi connectivity index (χ3v) is 14.1. The van der Waals surface area contributed by atoms with E-state index in [1.165, 1.54) is 18.3 Å². The highest BCUT2D eigenvalue weighted by molar-refractivity contribution is 14.1. The summed E-state index contributed by atoms with van der Waals surface area (Å²) >= 11 is 3.25. The number of nitrogen functional groups attached to an aromatic ring is 1. The van der Waals surface area contributed by atoms with E-state index in [1.807, 2.05) is 73.6 Å². The Morgan fingerprint density at radius 1 is 1.11 bits per heavy atom. The molecule has 13 atom stereocenters. The molecule has 3 aliphatic heterocycles. The monoisotopic (exact) mass is 900 g/mol. The van der Waals surface area contributed by atoms with Gasteiger partial charge in [-0.2, -0.15) is 0 Å². The second kappa shape index (κ2) is 17.7. The van der Waals surface area contributed by atoms with Crippen molar-refractivity contribution in [3.63, 3.8) is 0 Å². The summed E-state index contributed by atoms with van der Waals surface area (Å²) in [5, 5.41) is 28.7. The van der Waals surface area contributed by atoms with Gasteiger partial charge in [0.25, 0.3) is 0 Å². The number of nitrogens with two attached hydrogens (primary N) is 1. The van der Waals surface area contributed by atoms with Gasteiger partial charge in [0.05, 0.1) is 40.3 Å². The van der Waals surface area contributed by atoms with Crippen molar-refractivity contribution in [3.8, 4) is 0 Å². The lowest BCUT2D eigenvalue weighted by Gasteiger charge is -2.47. The van der Waals surface area contributed by atoms with E-state index in [2.05, 4.69) is 10.1 Å². The van der Waals surface area contributed by atoms with Gasteiger partial charge in [0.2, 0.25) is 0 Å². The molecule has 0 amide bonds. The third kappa shape index (κ3) is 9.70. The van der Waals surface area contributed by atoms with E-state index in [0.717, 1.165) is 15.8 Å². The molecule has 3 saturated heterocycles. The quantitative estimate of drug-likeness (QED) is 0.117. The lowest BCUT2D eigenvalue weighted by Crippen LogP contribution is -2.59. The summed E-state index contributed by atoms with van der Waals surface area (Å²) in [5.74, 6) is -5.60. The number of Topliss-reactive ketones (excluding diaryl/α,β-unsaturated/α-hetero) is 2. The van der Waals surface area contributed by atoms with Crippen LogP contribution in [0, 0.1) is 29.6 Å². The van der Waals surface area contributed by atoms with Gasteiger partial charge in [0.15, 0.2) is 21.3 Å². The summed E-state index contributed by atoms with van der Waals surface area (Å²) in [6.07, 6.45) is -2.39. The number of hydrogen-bond donors (Lipinski definition) is 3. The zero-order valence-corrected chi connectivity index (χ0v) is 36.2. The number of thiazole rings is 1. The van der Waals surface area contributed by atoms with Crippen molar-refractivity contribution in [1.82, 2.24) is 9.88 Å². The summed E-state index contributed by atoms with van der Waals surface area (Å²) in [5.41, 5.74) is 5.03. The largest absolute Gasteiger partial charge is 0.448 e. The summed E-state index contributed by atoms with van der Waals surface area (Å²) in [6, 6.07) is 5.41. The number of aliphatic hydroxyl groups excluding tert-OH is 1. The van der Waals surface area contributed by atoms with Crippen LogP contribution in [0.25, 0.3) is 10.2 Å². The van der Waals surface area contributed by atoms with Crippen LogP contribution in [0.2, 0.25) is 0 Å². The summed E-state index contributed by atoms with van der Waals surface area (Å²) in [7, 11) is 3.74. The molecular formula is C39H57IN4O10S. The van der Waals surface area contributed by atoms with Gasteiger partial charge in [0.1, 0.15) is 30.0 Å². The van der Waals surface area contributed by atoms with E-state index in [4.69, 9.17) is 29.5 Å². The molecule has 4 N–H and O–H groups in total. The molecule has 2 bridgehead atoms. The number of esters is 1. The standard InChI is InChI=1S/C39H57IN4O10S/c1-19-16-38(6)33(53-35-32(47)28(44(8)9)14-20(2)52-35)22(4)31(46)23(5)34(48)54-36(40)39(7,49)26(21(3)30(19)45)12-11-25(18-50-38)43-51-17-24-10-13-27-29(15-24)55-37(41)42-27/h10,13,15,19-23,26,28,32-33,35-36,47,49H,11-12,14,16-18H2,1-9H3,(H2,41,42)/b43-25+/t19-,20-,21-,22+,23-,26-,28+,32-,33-,35+,36+,38-,39+/m1/s1. The molecule has 55 heavy (non-hydrogen) atoms. The topological polar surface area (TPSA) is 192 Å². The summed E-state index contributed by atoms with van der Waals surface area (Å²) in [4.78, 5) is 54.4. The van der Waals surface area contributed by atoms with Gasteiger partial charge < -0.3 is 44.6 Å². The van der Waals surface area contributed by atoms with Gasteiger partial charge in [-0.15, -0.1) is 0 Å². The smallest absolute Gasteiger partial charge is 0.317 e. The van der Waals surface area contributed by atoms with Crippen molar-refractivity contribution in [2.45, 2.75) is 127 Å². The Morgan fingerprint density at radius 2 is 1.82 bits per heavy atom. The van der Waals surface area contributed by atoms with Crippen LogP contribution in [0.1, 0.15) is 79.7 Å². The Labute approximate surface area is 340 Å². The number of ketones is 2. The maximum absolute atomic E-state index is 14.4. The minimum absolute atomic E-state index is 0.0602. The Morgan fingerprint density at radius 3 is 2.51 bits per heavy atom. The molecule has 0 unspecified atom stereocenters. The van der Waals surface area contributed by atoms with Crippen LogP contribution in [-0.4, -0.2) is 110 Å². The predicted molar refractivity (Wildman–Crippen MR) is 216 cm³/mol. The number of nitrogens with zero attached hydrogens (tertiary/aromatic N) is 3. The molecule has 0 radical (unpaired) electrons. The minimum Gasteiger partial charge on any atom is -0.448 e. The van der Waals surface area contributed by atoms with Crippen LogP contribution in [0.3, 0.4) is 0 Å². The zero-order chi connectivity index (χ0) is 40.6. The number of anilines is 1. The average Bonchev–Trinajstić information content (AvgIpc) is 3.50. The first-order chi connectivity index (χ1) is 25.7. The molecule has 1 aromatic heterocycles. The first-order valence-electron chi connectivity index (χ1n) is 19.0. The Kier molecular flexibility index (Phi) is 14.1. The van der Waals surface area contributed by atoms with Gasteiger partial charge in [-0.1, -0.05) is 43.3 Å². The second-order valence-electron chi connectivity index (χ2n) is 16.3. The number of rotatable bonds is 6. The van der Waals surface area contributed by atoms with Crippen LogP contribution >= 0.6 is 33.9 Å². The Hall–Kier alpha value is -2.32. The van der Waals surface area contributed by atoms with Crippen LogP contribution in [0.4, 0.5) is 5.13 Å². The van der Waals surface area contributed by atoms with Crippen molar-refractivity contribution in [2.24, 2.45) is 34.7 Å². The number of halogens is 1. The first-order valence-corrected chi connectivity index (χ1v) is 21.1. The number of cyclic esters (lactones) is 1. The molecule has 1 aromatic carbocycles. The van der Waals surface area contributed by atoms with Crippen LogP contribution in [0.15, 0.2) is 23.4 Å². The molecule has 0 aliphatic carbocycles. The number of carbonyl (C=O) groups is 3.